The highest BCUT2D eigenvalue weighted by molar-refractivity contribution is 7.09. The molecular formula is C18H25N3OS. The first-order valence-corrected chi connectivity index (χ1v) is 9.06. The number of ether oxygens (including phenoxy) is 1. The van der Waals surface area contributed by atoms with Crippen LogP contribution in [0.4, 0.5) is 0 Å². The van der Waals surface area contributed by atoms with Crippen LogP contribution in [0.3, 0.4) is 0 Å². The van der Waals surface area contributed by atoms with Crippen LogP contribution in [0.25, 0.3) is 0 Å². The number of nitrogens with zero attached hydrogens (tertiary/aromatic N) is 3. The molecule has 1 saturated heterocycles. The van der Waals surface area contributed by atoms with Crippen LogP contribution in [-0.2, 0) is 17.8 Å². The van der Waals surface area contributed by atoms with E-state index in [2.05, 4.69) is 59.1 Å². The highest BCUT2D eigenvalue weighted by atomic mass is 32.1. The first kappa shape index (κ1) is 16.6. The quantitative estimate of drug-likeness (QED) is 0.814. The molecule has 0 unspecified atom stereocenters. The molecule has 5 heteroatoms. The number of hydrogen-bond donors (Lipinski definition) is 0. The van der Waals surface area contributed by atoms with Gasteiger partial charge in [-0.2, -0.15) is 0 Å². The summed E-state index contributed by atoms with van der Waals surface area (Å²) in [6.45, 7) is 7.02. The van der Waals surface area contributed by atoms with Gasteiger partial charge in [0.25, 0.3) is 0 Å². The van der Waals surface area contributed by atoms with E-state index in [1.165, 1.54) is 10.4 Å². The second-order valence-electron chi connectivity index (χ2n) is 6.25. The summed E-state index contributed by atoms with van der Waals surface area (Å²) in [5.74, 6) is 0. The molecule has 23 heavy (non-hydrogen) atoms. The minimum atomic E-state index is 0.255. The number of benzene rings is 1. The van der Waals surface area contributed by atoms with Gasteiger partial charge in [-0.3, -0.25) is 14.8 Å². The Morgan fingerprint density at radius 1 is 1.39 bits per heavy atom. The van der Waals surface area contributed by atoms with Gasteiger partial charge in [0.2, 0.25) is 0 Å². The van der Waals surface area contributed by atoms with E-state index in [1.54, 1.807) is 11.3 Å². The minimum absolute atomic E-state index is 0.255. The van der Waals surface area contributed by atoms with Gasteiger partial charge in [-0.25, -0.2) is 0 Å². The topological polar surface area (TPSA) is 28.6 Å². The molecule has 2 heterocycles. The van der Waals surface area contributed by atoms with Crippen molar-refractivity contribution >= 4 is 11.3 Å². The van der Waals surface area contributed by atoms with Gasteiger partial charge in [0.1, 0.15) is 0 Å². The normalized spacial score (nSPS) is 20.7. The molecule has 1 aromatic carbocycles. The van der Waals surface area contributed by atoms with Gasteiger partial charge < -0.3 is 4.74 Å². The zero-order valence-corrected chi connectivity index (χ0v) is 14.7. The van der Waals surface area contributed by atoms with Gasteiger partial charge in [-0.15, -0.1) is 11.3 Å². The molecule has 0 radical (unpaired) electrons. The number of likely N-dealkylation sites (N-methyl/N-ethyl adjacent to an activating group) is 1. The van der Waals surface area contributed by atoms with Crippen molar-refractivity contribution in [2.45, 2.75) is 32.2 Å². The Morgan fingerprint density at radius 2 is 2.22 bits per heavy atom. The SMILES string of the molecule is C[C@@H]([C@H]1CN(Cc2ccccc2)CCO1)N(C)Cc1cncs1. The molecule has 4 nitrogen and oxygen atoms in total. The van der Waals surface area contributed by atoms with Crippen molar-refractivity contribution in [3.05, 3.63) is 52.5 Å². The summed E-state index contributed by atoms with van der Waals surface area (Å²) < 4.78 is 6.05. The third kappa shape index (κ3) is 4.61. The smallest absolute Gasteiger partial charge is 0.0854 e. The van der Waals surface area contributed by atoms with E-state index in [0.717, 1.165) is 32.8 Å². The fraction of sp³-hybridized carbons (Fsp3) is 0.500. The summed E-state index contributed by atoms with van der Waals surface area (Å²) in [6.07, 6.45) is 2.21. The lowest BCUT2D eigenvalue weighted by atomic mass is 10.1. The van der Waals surface area contributed by atoms with Crippen LogP contribution in [-0.4, -0.2) is 53.7 Å². The van der Waals surface area contributed by atoms with Crippen molar-refractivity contribution in [2.75, 3.05) is 26.7 Å². The third-order valence-electron chi connectivity index (χ3n) is 4.55. The predicted octanol–water partition coefficient (Wildman–Crippen LogP) is 2.86. The van der Waals surface area contributed by atoms with Gasteiger partial charge in [-0.1, -0.05) is 30.3 Å². The van der Waals surface area contributed by atoms with Crippen molar-refractivity contribution in [1.29, 1.82) is 0 Å². The molecule has 3 rings (SSSR count). The second kappa shape index (κ2) is 8.02. The first-order chi connectivity index (χ1) is 11.2. The van der Waals surface area contributed by atoms with Crippen LogP contribution >= 0.6 is 11.3 Å². The third-order valence-corrected chi connectivity index (χ3v) is 5.31. The zero-order chi connectivity index (χ0) is 16.1. The fourth-order valence-corrected chi connectivity index (χ4v) is 3.66. The highest BCUT2D eigenvalue weighted by Gasteiger charge is 2.28. The number of thiazole rings is 1. The maximum Gasteiger partial charge on any atom is 0.0854 e. The van der Waals surface area contributed by atoms with Crippen molar-refractivity contribution in [3.8, 4) is 0 Å². The molecule has 0 N–H and O–H groups in total. The molecular weight excluding hydrogens is 306 g/mol. The summed E-state index contributed by atoms with van der Waals surface area (Å²) in [4.78, 5) is 10.3. The highest BCUT2D eigenvalue weighted by Crippen LogP contribution is 2.18. The Balaban J connectivity index is 1.54. The Kier molecular flexibility index (Phi) is 5.78. The van der Waals surface area contributed by atoms with Crippen LogP contribution in [0, 0.1) is 0 Å². The molecule has 0 aliphatic carbocycles. The molecule has 2 aromatic rings. The Labute approximate surface area is 142 Å². The van der Waals surface area contributed by atoms with Crippen LogP contribution in [0.15, 0.2) is 42.0 Å². The van der Waals surface area contributed by atoms with Gasteiger partial charge >= 0.3 is 0 Å². The Morgan fingerprint density at radius 3 is 2.96 bits per heavy atom. The monoisotopic (exact) mass is 331 g/mol. The summed E-state index contributed by atoms with van der Waals surface area (Å²) in [6, 6.07) is 11.1. The zero-order valence-electron chi connectivity index (χ0n) is 13.9. The van der Waals surface area contributed by atoms with E-state index < -0.39 is 0 Å². The lowest BCUT2D eigenvalue weighted by molar-refractivity contribution is -0.0670. The van der Waals surface area contributed by atoms with Crippen molar-refractivity contribution in [1.82, 2.24) is 14.8 Å². The molecule has 0 amide bonds. The van der Waals surface area contributed by atoms with E-state index in [4.69, 9.17) is 4.74 Å². The maximum atomic E-state index is 6.05. The first-order valence-electron chi connectivity index (χ1n) is 8.18. The number of aromatic nitrogens is 1. The average Bonchev–Trinajstić information content (AvgIpc) is 3.08. The van der Waals surface area contributed by atoms with Crippen LogP contribution in [0.5, 0.6) is 0 Å². The molecule has 0 saturated carbocycles. The van der Waals surface area contributed by atoms with Crippen LogP contribution in [0.1, 0.15) is 17.4 Å². The van der Waals surface area contributed by atoms with Crippen LogP contribution in [0.2, 0.25) is 0 Å². The van der Waals surface area contributed by atoms with Gasteiger partial charge in [0.15, 0.2) is 0 Å². The molecule has 1 fully saturated rings. The Hall–Kier alpha value is -1.27. The standard InChI is InChI=1S/C18H25N3OS/c1-15(20(2)12-17-10-19-14-23-17)18-13-21(8-9-22-18)11-16-6-4-3-5-7-16/h3-7,10,14-15,18H,8-9,11-13H2,1-2H3/t15-,18+/m0/s1. The van der Waals surface area contributed by atoms with E-state index in [9.17, 15) is 0 Å². The van der Waals surface area contributed by atoms with Gasteiger partial charge in [0, 0.05) is 43.3 Å². The van der Waals surface area contributed by atoms with E-state index >= 15 is 0 Å². The number of hydrogen-bond acceptors (Lipinski definition) is 5. The average molecular weight is 331 g/mol. The van der Waals surface area contributed by atoms with E-state index in [1.807, 2.05) is 11.7 Å². The minimum Gasteiger partial charge on any atom is -0.374 e. The van der Waals surface area contributed by atoms with Gasteiger partial charge in [0.05, 0.1) is 18.2 Å². The Bertz CT molecular complexity index is 575. The molecule has 0 bridgehead atoms. The van der Waals surface area contributed by atoms with E-state index in [-0.39, 0.29) is 6.10 Å². The summed E-state index contributed by atoms with van der Waals surface area (Å²) in [7, 11) is 2.17. The lowest BCUT2D eigenvalue weighted by Crippen LogP contribution is -2.51. The molecule has 2 atom stereocenters. The molecule has 1 aromatic heterocycles. The largest absolute Gasteiger partial charge is 0.374 e. The van der Waals surface area contributed by atoms with Gasteiger partial charge in [-0.05, 0) is 19.5 Å². The van der Waals surface area contributed by atoms with Crippen LogP contribution < -0.4 is 0 Å². The molecule has 1 aliphatic rings. The summed E-state index contributed by atoms with van der Waals surface area (Å²) in [5.41, 5.74) is 3.27. The lowest BCUT2D eigenvalue weighted by Gasteiger charge is -2.39. The molecule has 1 aliphatic heterocycles. The number of morpholine rings is 1. The van der Waals surface area contributed by atoms with E-state index in [0.29, 0.717) is 6.04 Å². The second-order valence-corrected chi connectivity index (χ2v) is 7.22. The maximum absolute atomic E-state index is 6.05. The fourth-order valence-electron chi connectivity index (χ4n) is 3.00. The molecule has 0 spiro atoms. The summed E-state index contributed by atoms with van der Waals surface area (Å²) in [5, 5.41) is 0. The predicted molar refractivity (Wildman–Crippen MR) is 94.5 cm³/mol. The summed E-state index contributed by atoms with van der Waals surface area (Å²) >= 11 is 1.71. The van der Waals surface area contributed by atoms with Crippen molar-refractivity contribution < 1.29 is 4.74 Å². The molecule has 124 valence electrons. The number of rotatable bonds is 6. The van der Waals surface area contributed by atoms with Crippen molar-refractivity contribution in [3.63, 3.8) is 0 Å². The van der Waals surface area contributed by atoms with Crippen molar-refractivity contribution in [2.24, 2.45) is 0 Å².